The van der Waals surface area contributed by atoms with Gasteiger partial charge in [-0.2, -0.15) is 0 Å². The lowest BCUT2D eigenvalue weighted by atomic mass is 9.83. The molecule has 1 aliphatic rings. The standard InChI is InChI=1S/C14H29NO.2ClH/c1-11(2)8-9-14(16)13(15)10-12-6-4-3-5-7-12;;/h11-14,16H,3-10,15H2,1-2H3;2*1H. The van der Waals surface area contributed by atoms with Crippen LogP contribution in [0.3, 0.4) is 0 Å². The van der Waals surface area contributed by atoms with E-state index in [1.807, 2.05) is 0 Å². The van der Waals surface area contributed by atoms with Gasteiger partial charge in [-0.05, 0) is 31.1 Å². The third kappa shape index (κ3) is 8.58. The molecule has 1 saturated carbocycles. The van der Waals surface area contributed by atoms with E-state index in [1.165, 1.54) is 32.1 Å². The van der Waals surface area contributed by atoms with Crippen molar-refractivity contribution in [2.45, 2.75) is 77.4 Å². The van der Waals surface area contributed by atoms with Crippen LogP contribution in [0.4, 0.5) is 0 Å². The summed E-state index contributed by atoms with van der Waals surface area (Å²) in [7, 11) is 0. The third-order valence-electron chi connectivity index (χ3n) is 3.86. The van der Waals surface area contributed by atoms with Crippen molar-refractivity contribution in [1.29, 1.82) is 0 Å². The van der Waals surface area contributed by atoms with E-state index in [4.69, 9.17) is 5.73 Å². The Hall–Kier alpha value is 0.500. The van der Waals surface area contributed by atoms with Gasteiger partial charge in [-0.15, -0.1) is 24.8 Å². The van der Waals surface area contributed by atoms with Gasteiger partial charge in [0.1, 0.15) is 0 Å². The van der Waals surface area contributed by atoms with Crippen LogP contribution in [0.1, 0.15) is 65.2 Å². The largest absolute Gasteiger partial charge is 0.392 e. The molecule has 1 rings (SSSR count). The molecule has 3 N–H and O–H groups in total. The third-order valence-corrected chi connectivity index (χ3v) is 3.86. The molecule has 2 nitrogen and oxygen atoms in total. The zero-order chi connectivity index (χ0) is 12.0. The van der Waals surface area contributed by atoms with E-state index >= 15 is 0 Å². The van der Waals surface area contributed by atoms with E-state index < -0.39 is 0 Å². The fraction of sp³-hybridized carbons (Fsp3) is 1.00. The van der Waals surface area contributed by atoms with Gasteiger partial charge in [0.2, 0.25) is 0 Å². The highest BCUT2D eigenvalue weighted by molar-refractivity contribution is 5.85. The van der Waals surface area contributed by atoms with Gasteiger partial charge in [0.25, 0.3) is 0 Å². The second kappa shape index (κ2) is 11.3. The number of halogens is 2. The molecule has 0 bridgehead atoms. The van der Waals surface area contributed by atoms with Gasteiger partial charge in [0, 0.05) is 6.04 Å². The van der Waals surface area contributed by atoms with Crippen molar-refractivity contribution in [1.82, 2.24) is 0 Å². The van der Waals surface area contributed by atoms with Crippen LogP contribution < -0.4 is 5.73 Å². The molecule has 18 heavy (non-hydrogen) atoms. The minimum Gasteiger partial charge on any atom is -0.392 e. The number of hydrogen-bond acceptors (Lipinski definition) is 2. The fourth-order valence-corrected chi connectivity index (χ4v) is 2.68. The first kappa shape index (κ1) is 20.8. The second-order valence-electron chi connectivity index (χ2n) is 5.94. The second-order valence-corrected chi connectivity index (χ2v) is 5.94. The van der Waals surface area contributed by atoms with Gasteiger partial charge in [0.15, 0.2) is 0 Å². The molecule has 4 heteroatoms. The Morgan fingerprint density at radius 3 is 2.11 bits per heavy atom. The Balaban J connectivity index is 0. The van der Waals surface area contributed by atoms with Crippen molar-refractivity contribution < 1.29 is 5.11 Å². The molecule has 0 aromatic heterocycles. The van der Waals surface area contributed by atoms with E-state index in [1.54, 1.807) is 0 Å². The molecule has 0 radical (unpaired) electrons. The summed E-state index contributed by atoms with van der Waals surface area (Å²) in [5, 5.41) is 9.97. The fourth-order valence-electron chi connectivity index (χ4n) is 2.68. The van der Waals surface area contributed by atoms with Crippen LogP contribution >= 0.6 is 24.8 Å². The Bertz CT molecular complexity index is 185. The minimum atomic E-state index is -0.288. The molecule has 0 spiro atoms. The Kier molecular flexibility index (Phi) is 13.1. The summed E-state index contributed by atoms with van der Waals surface area (Å²) >= 11 is 0. The van der Waals surface area contributed by atoms with Crippen molar-refractivity contribution in [3.63, 3.8) is 0 Å². The average Bonchev–Trinajstić information content (AvgIpc) is 2.27. The summed E-state index contributed by atoms with van der Waals surface area (Å²) in [4.78, 5) is 0. The topological polar surface area (TPSA) is 46.2 Å². The Labute approximate surface area is 125 Å². The van der Waals surface area contributed by atoms with E-state index in [2.05, 4.69) is 13.8 Å². The van der Waals surface area contributed by atoms with E-state index in [0.29, 0.717) is 5.92 Å². The number of hydrogen-bond donors (Lipinski definition) is 2. The first-order valence-corrected chi connectivity index (χ1v) is 7.03. The van der Waals surface area contributed by atoms with Crippen LogP contribution in [0.25, 0.3) is 0 Å². The van der Waals surface area contributed by atoms with Crippen molar-refractivity contribution in [2.75, 3.05) is 0 Å². The lowest BCUT2D eigenvalue weighted by molar-refractivity contribution is 0.112. The maximum atomic E-state index is 9.97. The monoisotopic (exact) mass is 299 g/mol. The highest BCUT2D eigenvalue weighted by Crippen LogP contribution is 2.28. The molecule has 0 amide bonds. The molecule has 0 saturated heterocycles. The number of rotatable bonds is 6. The SMILES string of the molecule is CC(C)CCC(O)C(N)CC1CCCCC1.Cl.Cl. The predicted octanol–water partition coefficient (Wildman–Crippen LogP) is 3.92. The summed E-state index contributed by atoms with van der Waals surface area (Å²) in [6.07, 6.45) is 9.45. The smallest absolute Gasteiger partial charge is 0.0691 e. The first-order chi connectivity index (χ1) is 7.59. The molecular weight excluding hydrogens is 269 g/mol. The van der Waals surface area contributed by atoms with Crippen molar-refractivity contribution in [3.8, 4) is 0 Å². The van der Waals surface area contributed by atoms with Crippen molar-refractivity contribution in [2.24, 2.45) is 17.6 Å². The molecule has 0 aliphatic heterocycles. The van der Waals surface area contributed by atoms with Crippen LogP contribution in [-0.4, -0.2) is 17.3 Å². The summed E-state index contributed by atoms with van der Waals surface area (Å²) < 4.78 is 0. The maximum Gasteiger partial charge on any atom is 0.0691 e. The van der Waals surface area contributed by atoms with Gasteiger partial charge in [0.05, 0.1) is 6.10 Å². The van der Waals surface area contributed by atoms with Crippen LogP contribution in [-0.2, 0) is 0 Å². The average molecular weight is 300 g/mol. The van der Waals surface area contributed by atoms with Gasteiger partial charge < -0.3 is 10.8 Å². The Morgan fingerprint density at radius 2 is 1.61 bits per heavy atom. The molecule has 0 aromatic rings. The summed E-state index contributed by atoms with van der Waals surface area (Å²) in [6.45, 7) is 4.39. The molecule has 1 aliphatic carbocycles. The normalized spacial score (nSPS) is 19.8. The first-order valence-electron chi connectivity index (χ1n) is 7.03. The van der Waals surface area contributed by atoms with Crippen LogP contribution in [0.15, 0.2) is 0 Å². The van der Waals surface area contributed by atoms with Crippen LogP contribution in [0.5, 0.6) is 0 Å². The van der Waals surface area contributed by atoms with Gasteiger partial charge >= 0.3 is 0 Å². The molecular formula is C14H31Cl2NO. The van der Waals surface area contributed by atoms with E-state index in [0.717, 1.165) is 25.2 Å². The zero-order valence-electron chi connectivity index (χ0n) is 11.8. The van der Waals surface area contributed by atoms with E-state index in [9.17, 15) is 5.11 Å². The summed E-state index contributed by atoms with van der Waals surface area (Å²) in [5.74, 6) is 1.44. The minimum absolute atomic E-state index is 0. The maximum absolute atomic E-state index is 9.97. The molecule has 2 atom stereocenters. The highest BCUT2D eigenvalue weighted by Gasteiger charge is 2.21. The van der Waals surface area contributed by atoms with Crippen molar-refractivity contribution >= 4 is 24.8 Å². The van der Waals surface area contributed by atoms with Crippen LogP contribution in [0, 0.1) is 11.8 Å². The van der Waals surface area contributed by atoms with Crippen molar-refractivity contribution in [3.05, 3.63) is 0 Å². The van der Waals surface area contributed by atoms with Crippen LogP contribution in [0.2, 0.25) is 0 Å². The molecule has 0 aromatic carbocycles. The summed E-state index contributed by atoms with van der Waals surface area (Å²) in [5.41, 5.74) is 6.08. The van der Waals surface area contributed by atoms with Gasteiger partial charge in [-0.1, -0.05) is 46.0 Å². The molecule has 112 valence electrons. The Morgan fingerprint density at radius 1 is 1.06 bits per heavy atom. The lowest BCUT2D eigenvalue weighted by Crippen LogP contribution is -2.37. The van der Waals surface area contributed by atoms with Gasteiger partial charge in [-0.25, -0.2) is 0 Å². The highest BCUT2D eigenvalue weighted by atomic mass is 35.5. The molecule has 0 heterocycles. The number of aliphatic hydroxyl groups is 1. The number of aliphatic hydroxyl groups excluding tert-OH is 1. The molecule has 2 unspecified atom stereocenters. The quantitative estimate of drug-likeness (QED) is 0.781. The lowest BCUT2D eigenvalue weighted by Gasteiger charge is -2.27. The number of nitrogens with two attached hydrogens (primary N) is 1. The summed E-state index contributed by atoms with van der Waals surface area (Å²) in [6, 6.07) is 0.00171. The molecule has 1 fully saturated rings. The predicted molar refractivity (Wildman–Crippen MR) is 83.7 cm³/mol. The zero-order valence-corrected chi connectivity index (χ0v) is 13.4. The van der Waals surface area contributed by atoms with Gasteiger partial charge in [-0.3, -0.25) is 0 Å². The van der Waals surface area contributed by atoms with E-state index in [-0.39, 0.29) is 37.0 Å².